The zero-order valence-electron chi connectivity index (χ0n) is 16.6. The van der Waals surface area contributed by atoms with Crippen molar-refractivity contribution in [3.63, 3.8) is 0 Å². The highest BCUT2D eigenvalue weighted by Gasteiger charge is 2.40. The first kappa shape index (κ1) is 19.2. The lowest BCUT2D eigenvalue weighted by Gasteiger charge is -2.42. The molecule has 1 unspecified atom stereocenters. The van der Waals surface area contributed by atoms with E-state index >= 15 is 0 Å². The largest absolute Gasteiger partial charge is 0.349 e. The Balaban J connectivity index is 1.32. The van der Waals surface area contributed by atoms with Gasteiger partial charge in [-0.25, -0.2) is 0 Å². The van der Waals surface area contributed by atoms with Gasteiger partial charge in [-0.3, -0.25) is 29.4 Å². The second kappa shape index (κ2) is 7.48. The minimum atomic E-state index is -0.602. The van der Waals surface area contributed by atoms with Gasteiger partial charge in [0, 0.05) is 44.2 Å². The highest BCUT2D eigenvalue weighted by Crippen LogP contribution is 2.31. The maximum Gasteiger partial charge on any atom is 0.255 e. The van der Waals surface area contributed by atoms with Crippen molar-refractivity contribution in [2.24, 2.45) is 0 Å². The number of imide groups is 1. The first-order valence-electron chi connectivity index (χ1n) is 10.5. The molecule has 9 heteroatoms. The van der Waals surface area contributed by atoms with Gasteiger partial charge in [0.15, 0.2) is 0 Å². The van der Waals surface area contributed by atoms with Crippen molar-refractivity contribution in [2.75, 3.05) is 19.6 Å². The van der Waals surface area contributed by atoms with Gasteiger partial charge in [0.25, 0.3) is 5.91 Å². The fourth-order valence-electron chi connectivity index (χ4n) is 5.07. The number of benzene rings is 1. The Morgan fingerprint density at radius 2 is 1.90 bits per heavy atom. The van der Waals surface area contributed by atoms with E-state index in [1.807, 2.05) is 18.2 Å². The molecule has 4 heterocycles. The van der Waals surface area contributed by atoms with E-state index in [4.69, 9.17) is 0 Å². The lowest BCUT2D eigenvalue weighted by atomic mass is 9.95. The molecule has 3 saturated heterocycles. The maximum absolute atomic E-state index is 13.0. The van der Waals surface area contributed by atoms with Crippen LogP contribution in [0.4, 0.5) is 0 Å². The van der Waals surface area contributed by atoms with Crippen LogP contribution in [-0.4, -0.2) is 71.2 Å². The molecule has 0 saturated carbocycles. The molecule has 0 spiro atoms. The molecule has 4 amide bonds. The van der Waals surface area contributed by atoms with Gasteiger partial charge in [0.2, 0.25) is 17.7 Å². The number of carbonyl (C=O) groups excluding carboxylic acids is 4. The van der Waals surface area contributed by atoms with E-state index in [1.54, 1.807) is 4.90 Å². The summed E-state index contributed by atoms with van der Waals surface area (Å²) in [7, 11) is 0. The van der Waals surface area contributed by atoms with E-state index < -0.39 is 11.9 Å². The van der Waals surface area contributed by atoms with Crippen LogP contribution in [0.25, 0.3) is 0 Å². The summed E-state index contributed by atoms with van der Waals surface area (Å²) in [6.45, 7) is 3.13. The highest BCUT2D eigenvalue weighted by atomic mass is 16.2. The van der Waals surface area contributed by atoms with Crippen molar-refractivity contribution in [3.05, 3.63) is 34.9 Å². The number of hydrogen-bond donors (Lipinski definition) is 3. The standard InChI is InChI=1S/C21H25N5O4/c27-18-5-4-17(20(29)24-18)26-10-14-12(2-1-3-13(14)21(26)30)9-25-7-6-15-16(11-25)23-19(28)8-22-15/h1-3,15-17,22H,4-11H2,(H,23,28)(H,24,27,29)/t15-,16+,17?/m0/s1. The number of nitrogens with zero attached hydrogens (tertiary/aromatic N) is 2. The van der Waals surface area contributed by atoms with Gasteiger partial charge in [-0.05, 0) is 30.0 Å². The molecule has 5 rings (SSSR count). The average Bonchev–Trinajstić information content (AvgIpc) is 3.05. The van der Waals surface area contributed by atoms with Crippen LogP contribution in [-0.2, 0) is 27.5 Å². The predicted molar refractivity (Wildman–Crippen MR) is 106 cm³/mol. The molecule has 4 aliphatic heterocycles. The molecule has 0 aromatic heterocycles. The topological polar surface area (TPSA) is 111 Å². The maximum atomic E-state index is 13.0. The van der Waals surface area contributed by atoms with Gasteiger partial charge < -0.3 is 15.5 Å². The number of hydrogen-bond acceptors (Lipinski definition) is 6. The monoisotopic (exact) mass is 411 g/mol. The molecule has 158 valence electrons. The van der Waals surface area contributed by atoms with Gasteiger partial charge in [0.1, 0.15) is 6.04 Å². The van der Waals surface area contributed by atoms with Crippen molar-refractivity contribution >= 4 is 23.6 Å². The zero-order valence-corrected chi connectivity index (χ0v) is 16.6. The van der Waals surface area contributed by atoms with Gasteiger partial charge >= 0.3 is 0 Å². The van der Waals surface area contributed by atoms with Crippen LogP contribution >= 0.6 is 0 Å². The third kappa shape index (κ3) is 3.37. The Bertz CT molecular complexity index is 932. The van der Waals surface area contributed by atoms with Gasteiger partial charge in [0.05, 0.1) is 12.6 Å². The third-order valence-corrected chi connectivity index (χ3v) is 6.64. The smallest absolute Gasteiger partial charge is 0.255 e. The molecule has 3 atom stereocenters. The molecular formula is C21H25N5O4. The molecule has 3 fully saturated rings. The van der Waals surface area contributed by atoms with Gasteiger partial charge in [-0.15, -0.1) is 0 Å². The van der Waals surface area contributed by atoms with E-state index in [9.17, 15) is 19.2 Å². The van der Waals surface area contributed by atoms with E-state index in [0.717, 1.165) is 30.6 Å². The van der Waals surface area contributed by atoms with Gasteiger partial charge in [-0.1, -0.05) is 12.1 Å². The number of amides is 4. The van der Waals surface area contributed by atoms with E-state index in [-0.39, 0.29) is 30.2 Å². The summed E-state index contributed by atoms with van der Waals surface area (Å²) in [5.74, 6) is -0.793. The number of nitrogens with one attached hydrogen (secondary N) is 3. The highest BCUT2D eigenvalue weighted by molar-refractivity contribution is 6.05. The Morgan fingerprint density at radius 1 is 1.03 bits per heavy atom. The summed E-state index contributed by atoms with van der Waals surface area (Å²) in [6, 6.07) is 5.53. The molecule has 1 aromatic carbocycles. The molecule has 4 aliphatic rings. The van der Waals surface area contributed by atoms with Crippen molar-refractivity contribution in [1.82, 2.24) is 25.8 Å². The van der Waals surface area contributed by atoms with Crippen LogP contribution in [0, 0.1) is 0 Å². The lowest BCUT2D eigenvalue weighted by Crippen LogP contribution is -2.65. The van der Waals surface area contributed by atoms with Crippen molar-refractivity contribution in [1.29, 1.82) is 0 Å². The minimum absolute atomic E-state index is 0.0316. The summed E-state index contributed by atoms with van der Waals surface area (Å²) >= 11 is 0. The first-order valence-corrected chi connectivity index (χ1v) is 10.5. The lowest BCUT2D eigenvalue weighted by molar-refractivity contribution is -0.137. The molecule has 1 aromatic rings. The molecule has 0 bridgehead atoms. The second-order valence-electron chi connectivity index (χ2n) is 8.53. The third-order valence-electron chi connectivity index (χ3n) is 6.64. The van der Waals surface area contributed by atoms with Crippen LogP contribution in [0.3, 0.4) is 0 Å². The fraction of sp³-hybridized carbons (Fsp3) is 0.524. The average molecular weight is 411 g/mol. The van der Waals surface area contributed by atoms with Crippen molar-refractivity contribution in [2.45, 2.75) is 50.5 Å². The van der Waals surface area contributed by atoms with E-state index in [1.165, 1.54) is 0 Å². The SMILES string of the molecule is O=C1CCC(N2Cc3c(CN4CC[C@@H]5NCC(=O)N[C@@H]5C4)cccc3C2=O)C(=O)N1. The number of rotatable bonds is 3. The number of fused-ring (bicyclic) bond motifs is 2. The Morgan fingerprint density at radius 3 is 2.73 bits per heavy atom. The quantitative estimate of drug-likeness (QED) is 0.557. The zero-order chi connectivity index (χ0) is 20.8. The van der Waals surface area contributed by atoms with Crippen LogP contribution in [0.15, 0.2) is 18.2 Å². The van der Waals surface area contributed by atoms with E-state index in [0.29, 0.717) is 37.7 Å². The van der Waals surface area contributed by atoms with Crippen molar-refractivity contribution < 1.29 is 19.2 Å². The molecule has 9 nitrogen and oxygen atoms in total. The molecule has 0 radical (unpaired) electrons. The summed E-state index contributed by atoms with van der Waals surface area (Å²) in [5.41, 5.74) is 2.67. The van der Waals surface area contributed by atoms with Crippen LogP contribution < -0.4 is 16.0 Å². The predicted octanol–water partition coefficient (Wildman–Crippen LogP) is -0.890. The summed E-state index contributed by atoms with van der Waals surface area (Å²) in [4.78, 5) is 52.3. The summed E-state index contributed by atoms with van der Waals surface area (Å²) in [6.07, 6.45) is 1.57. The molecule has 30 heavy (non-hydrogen) atoms. The van der Waals surface area contributed by atoms with Gasteiger partial charge in [-0.2, -0.15) is 0 Å². The molecule has 0 aliphatic carbocycles. The van der Waals surface area contributed by atoms with Crippen LogP contribution in [0.1, 0.15) is 40.7 Å². The molecule has 3 N–H and O–H groups in total. The summed E-state index contributed by atoms with van der Waals surface area (Å²) < 4.78 is 0. The number of likely N-dealkylation sites (tertiary alicyclic amines) is 1. The van der Waals surface area contributed by atoms with E-state index in [2.05, 4.69) is 20.9 Å². The number of piperazine rings is 1. The number of carbonyl (C=O) groups is 4. The molecular weight excluding hydrogens is 386 g/mol. The fourth-order valence-corrected chi connectivity index (χ4v) is 5.07. The normalized spacial score (nSPS) is 29.3. The number of piperidine rings is 2. The Kier molecular flexibility index (Phi) is 4.79. The van der Waals surface area contributed by atoms with Crippen LogP contribution in [0.5, 0.6) is 0 Å². The van der Waals surface area contributed by atoms with Crippen LogP contribution in [0.2, 0.25) is 0 Å². The first-order chi connectivity index (χ1) is 14.5. The van der Waals surface area contributed by atoms with Crippen molar-refractivity contribution in [3.8, 4) is 0 Å². The Hall–Kier alpha value is -2.78. The minimum Gasteiger partial charge on any atom is -0.349 e. The second-order valence-corrected chi connectivity index (χ2v) is 8.53. The Labute approximate surface area is 174 Å². The summed E-state index contributed by atoms with van der Waals surface area (Å²) in [5, 5.41) is 8.72.